The summed E-state index contributed by atoms with van der Waals surface area (Å²) in [6.45, 7) is 2.59. The van der Waals surface area contributed by atoms with E-state index >= 15 is 0 Å². The smallest absolute Gasteiger partial charge is 0.112 e. The Bertz CT molecular complexity index is 162. The predicted octanol–water partition coefficient (Wildman–Crippen LogP) is 0.840. The van der Waals surface area contributed by atoms with Crippen molar-refractivity contribution in [2.45, 2.75) is 37.8 Å². The molecule has 4 heteroatoms. The van der Waals surface area contributed by atoms with Crippen molar-refractivity contribution in [2.75, 3.05) is 27.9 Å². The lowest BCUT2D eigenvalue weighted by atomic mass is 9.98. The molecule has 14 heavy (non-hydrogen) atoms. The normalized spacial score (nSPS) is 38.6. The van der Waals surface area contributed by atoms with Crippen LogP contribution < -0.4 is 0 Å². The molecule has 0 aliphatic carbocycles. The van der Waals surface area contributed by atoms with E-state index in [1.165, 1.54) is 0 Å². The first-order chi connectivity index (χ1) is 6.72. The molecule has 0 radical (unpaired) electrons. The first kappa shape index (κ1) is 11.9. The van der Waals surface area contributed by atoms with Crippen LogP contribution in [0.25, 0.3) is 0 Å². The molecule has 0 bridgehead atoms. The van der Waals surface area contributed by atoms with Crippen LogP contribution in [0.5, 0.6) is 0 Å². The monoisotopic (exact) mass is 204 g/mol. The van der Waals surface area contributed by atoms with Crippen LogP contribution >= 0.6 is 0 Å². The standard InChI is InChI=1S/C10H20O4/c1-7-5-8(12-3)10(13-4)9(14-7)6-11-2/h7-10H,5-6H2,1-4H3/t7?,8-,9+,10+/m0/s1. The summed E-state index contributed by atoms with van der Waals surface area (Å²) < 4.78 is 21.6. The predicted molar refractivity (Wildman–Crippen MR) is 52.4 cm³/mol. The molecule has 1 saturated heterocycles. The maximum absolute atomic E-state index is 5.73. The topological polar surface area (TPSA) is 36.9 Å². The average molecular weight is 204 g/mol. The van der Waals surface area contributed by atoms with Gasteiger partial charge in [-0.05, 0) is 6.92 Å². The number of methoxy groups -OCH3 is 3. The second-order valence-corrected chi connectivity index (χ2v) is 3.65. The Kier molecular flexibility index (Phi) is 4.81. The minimum absolute atomic E-state index is 0.0290. The van der Waals surface area contributed by atoms with Gasteiger partial charge in [-0.3, -0.25) is 0 Å². The van der Waals surface area contributed by atoms with Gasteiger partial charge in [0.25, 0.3) is 0 Å². The van der Waals surface area contributed by atoms with E-state index in [4.69, 9.17) is 18.9 Å². The molecule has 1 heterocycles. The molecule has 0 aromatic heterocycles. The molecule has 4 atom stereocenters. The third kappa shape index (κ3) is 2.67. The molecule has 1 fully saturated rings. The van der Waals surface area contributed by atoms with Crippen LogP contribution in [0.1, 0.15) is 13.3 Å². The van der Waals surface area contributed by atoms with Gasteiger partial charge in [-0.15, -0.1) is 0 Å². The molecule has 1 aliphatic heterocycles. The summed E-state index contributed by atoms with van der Waals surface area (Å²) in [5.74, 6) is 0. The van der Waals surface area contributed by atoms with Crippen LogP contribution in [0.3, 0.4) is 0 Å². The molecule has 0 amide bonds. The maximum Gasteiger partial charge on any atom is 0.112 e. The molecule has 0 spiro atoms. The zero-order valence-electron chi connectivity index (χ0n) is 9.36. The van der Waals surface area contributed by atoms with Crippen LogP contribution in [-0.2, 0) is 18.9 Å². The fraction of sp³-hybridized carbons (Fsp3) is 1.00. The van der Waals surface area contributed by atoms with Crippen molar-refractivity contribution < 1.29 is 18.9 Å². The zero-order chi connectivity index (χ0) is 10.6. The molecule has 0 aromatic rings. The van der Waals surface area contributed by atoms with E-state index in [-0.39, 0.29) is 24.4 Å². The van der Waals surface area contributed by atoms with E-state index in [0.29, 0.717) is 6.61 Å². The van der Waals surface area contributed by atoms with E-state index < -0.39 is 0 Å². The van der Waals surface area contributed by atoms with Crippen molar-refractivity contribution in [1.29, 1.82) is 0 Å². The van der Waals surface area contributed by atoms with Gasteiger partial charge < -0.3 is 18.9 Å². The molecular weight excluding hydrogens is 184 g/mol. The summed E-state index contributed by atoms with van der Waals surface area (Å²) in [6.07, 6.45) is 1.11. The van der Waals surface area contributed by atoms with Crippen LogP contribution in [0, 0.1) is 0 Å². The van der Waals surface area contributed by atoms with Gasteiger partial charge in [0.05, 0.1) is 18.8 Å². The summed E-state index contributed by atoms with van der Waals surface area (Å²) >= 11 is 0. The molecule has 1 aliphatic rings. The van der Waals surface area contributed by atoms with Gasteiger partial charge in [0, 0.05) is 27.8 Å². The molecule has 4 nitrogen and oxygen atoms in total. The number of ether oxygens (including phenoxy) is 4. The van der Waals surface area contributed by atoms with Gasteiger partial charge in [0.15, 0.2) is 0 Å². The van der Waals surface area contributed by atoms with Crippen LogP contribution in [0.2, 0.25) is 0 Å². The summed E-state index contributed by atoms with van der Waals surface area (Å²) in [5, 5.41) is 0. The lowest BCUT2D eigenvalue weighted by Gasteiger charge is -2.39. The van der Waals surface area contributed by atoms with Crippen molar-refractivity contribution in [3.8, 4) is 0 Å². The summed E-state index contributed by atoms with van der Waals surface area (Å²) in [5.41, 5.74) is 0. The summed E-state index contributed by atoms with van der Waals surface area (Å²) in [4.78, 5) is 0. The quantitative estimate of drug-likeness (QED) is 0.680. The van der Waals surface area contributed by atoms with Crippen molar-refractivity contribution in [1.82, 2.24) is 0 Å². The Morgan fingerprint density at radius 1 is 1.21 bits per heavy atom. The van der Waals surface area contributed by atoms with E-state index in [1.807, 2.05) is 6.92 Å². The SMILES string of the molecule is COC[C@H]1OC(C)C[C@H](OC)[C@H]1OC. The van der Waals surface area contributed by atoms with Gasteiger partial charge in [0.2, 0.25) is 0 Å². The highest BCUT2D eigenvalue weighted by atomic mass is 16.6. The van der Waals surface area contributed by atoms with Gasteiger partial charge in [-0.2, -0.15) is 0 Å². The Balaban J connectivity index is 2.60. The highest BCUT2D eigenvalue weighted by molar-refractivity contribution is 4.86. The molecule has 0 N–H and O–H groups in total. The highest BCUT2D eigenvalue weighted by Crippen LogP contribution is 2.24. The average Bonchev–Trinajstić information content (AvgIpc) is 2.17. The fourth-order valence-electron chi connectivity index (χ4n) is 1.96. The molecule has 1 rings (SSSR count). The van der Waals surface area contributed by atoms with Crippen molar-refractivity contribution in [2.24, 2.45) is 0 Å². The molecule has 0 aromatic carbocycles. The molecular formula is C10H20O4. The van der Waals surface area contributed by atoms with Crippen molar-refractivity contribution in [3.63, 3.8) is 0 Å². The number of rotatable bonds is 4. The Morgan fingerprint density at radius 2 is 1.93 bits per heavy atom. The van der Waals surface area contributed by atoms with Gasteiger partial charge in [0.1, 0.15) is 12.2 Å². The minimum Gasteiger partial charge on any atom is -0.382 e. The summed E-state index contributed by atoms with van der Waals surface area (Å²) in [6, 6.07) is 0. The lowest BCUT2D eigenvalue weighted by molar-refractivity contribution is -0.194. The van der Waals surface area contributed by atoms with Crippen LogP contribution in [0.4, 0.5) is 0 Å². The third-order valence-corrected chi connectivity index (χ3v) is 2.61. The van der Waals surface area contributed by atoms with E-state index in [2.05, 4.69) is 0 Å². The second kappa shape index (κ2) is 5.66. The Morgan fingerprint density at radius 3 is 2.43 bits per heavy atom. The first-order valence-corrected chi connectivity index (χ1v) is 4.92. The molecule has 0 saturated carbocycles. The molecule has 1 unspecified atom stereocenters. The van der Waals surface area contributed by atoms with E-state index in [9.17, 15) is 0 Å². The third-order valence-electron chi connectivity index (χ3n) is 2.61. The number of hydrogen-bond donors (Lipinski definition) is 0. The second-order valence-electron chi connectivity index (χ2n) is 3.65. The fourth-order valence-corrected chi connectivity index (χ4v) is 1.96. The Hall–Kier alpha value is -0.160. The van der Waals surface area contributed by atoms with E-state index in [1.54, 1.807) is 21.3 Å². The maximum atomic E-state index is 5.73. The first-order valence-electron chi connectivity index (χ1n) is 4.92. The molecule has 84 valence electrons. The number of hydrogen-bond acceptors (Lipinski definition) is 4. The van der Waals surface area contributed by atoms with Crippen molar-refractivity contribution in [3.05, 3.63) is 0 Å². The zero-order valence-corrected chi connectivity index (χ0v) is 9.36. The lowest BCUT2D eigenvalue weighted by Crippen LogP contribution is -2.51. The highest BCUT2D eigenvalue weighted by Gasteiger charge is 2.37. The summed E-state index contributed by atoms with van der Waals surface area (Å²) in [7, 11) is 5.05. The largest absolute Gasteiger partial charge is 0.382 e. The van der Waals surface area contributed by atoms with Gasteiger partial charge in [-0.25, -0.2) is 0 Å². The van der Waals surface area contributed by atoms with Crippen molar-refractivity contribution >= 4 is 0 Å². The van der Waals surface area contributed by atoms with Crippen LogP contribution in [-0.4, -0.2) is 52.4 Å². The van der Waals surface area contributed by atoms with Gasteiger partial charge >= 0.3 is 0 Å². The van der Waals surface area contributed by atoms with E-state index in [0.717, 1.165) is 6.42 Å². The van der Waals surface area contributed by atoms with Crippen LogP contribution in [0.15, 0.2) is 0 Å². The van der Waals surface area contributed by atoms with Gasteiger partial charge in [-0.1, -0.05) is 0 Å². The minimum atomic E-state index is -0.0313. The Labute approximate surface area is 85.5 Å².